The van der Waals surface area contributed by atoms with Crippen molar-refractivity contribution in [2.24, 2.45) is 0 Å². The first-order chi connectivity index (χ1) is 46.0. The van der Waals surface area contributed by atoms with Crippen LogP contribution in [0.5, 0.6) is 5.75 Å². The second-order valence-electron chi connectivity index (χ2n) is 20.9. The fraction of sp³-hybridized carbons (Fsp3) is 0.113. The molecule has 0 fully saturated rings. The Kier molecular flexibility index (Phi) is 18.8. The van der Waals surface area contributed by atoms with Gasteiger partial charge in [-0.25, -0.2) is 15.0 Å². The molecule has 8 aromatic carbocycles. The van der Waals surface area contributed by atoms with E-state index in [2.05, 4.69) is 82.5 Å². The zero-order valence-electron chi connectivity index (χ0n) is 50.4. The molecule has 0 saturated heterocycles. The Bertz CT molecular complexity index is 4980. The lowest BCUT2D eigenvalue weighted by Crippen LogP contribution is -2.12. The molecule has 0 bridgehead atoms. The lowest BCUT2D eigenvalue weighted by atomic mass is 10.1. The number of rotatable bonds is 15. The third-order valence-electron chi connectivity index (χ3n) is 14.8. The van der Waals surface area contributed by atoms with Crippen molar-refractivity contribution in [2.45, 2.75) is 39.0 Å². The first-order valence-electron chi connectivity index (χ1n) is 29.3. The standard InChI is InChI=1S/C23H18N4O2.C17H13F3N2O2.C17H13N3O.C14H12N4O2/c1-2-7-17(8-3-1)15-28-19-10-6-9-18(13-19)23-20-11-4-5-12-21(20)27(26-23)14-22-25-24-16-29-22;1-24-15(23)10-22-14-5-3-2-4-13(14)16(21-22)11-6-8-12(9-7-11)17(18,19)20;1-2-6-13(7-3-1)17-14-8-4-5-9-15(14)20(19-17)12-16-18-10-11-21-16;1-20-13(19)8-18-12-5-3-2-4-11(12)14(17-18)10-6-15-9-16-7-10/h1-13,16H,14-15H2;2-9H,10H2,1H3;1-11H,12H2;2-7,9H,8H2,1H3. The fourth-order valence-electron chi connectivity index (χ4n) is 10.4. The van der Waals surface area contributed by atoms with Crippen molar-refractivity contribution < 1.29 is 45.8 Å². The van der Waals surface area contributed by atoms with Gasteiger partial charge in [0, 0.05) is 56.2 Å². The van der Waals surface area contributed by atoms with Crippen LogP contribution in [0.1, 0.15) is 22.9 Å². The van der Waals surface area contributed by atoms with Gasteiger partial charge in [0.05, 0.1) is 48.0 Å². The molecule has 15 rings (SSSR count). The number of esters is 2. The molecule has 20 nitrogen and oxygen atoms in total. The van der Waals surface area contributed by atoms with Crippen molar-refractivity contribution in [3.63, 3.8) is 0 Å². The predicted octanol–water partition coefficient (Wildman–Crippen LogP) is 14.0. The Labute approximate surface area is 534 Å². The lowest BCUT2D eigenvalue weighted by molar-refractivity contribution is -0.142. The van der Waals surface area contributed by atoms with E-state index in [1.165, 1.54) is 43.8 Å². The Morgan fingerprint density at radius 3 is 1.44 bits per heavy atom. The number of hydrogen-bond acceptors (Lipinski definition) is 16. The zero-order valence-corrected chi connectivity index (χ0v) is 50.4. The zero-order chi connectivity index (χ0) is 64.8. The van der Waals surface area contributed by atoms with Gasteiger partial charge in [0.25, 0.3) is 0 Å². The lowest BCUT2D eigenvalue weighted by Gasteiger charge is -2.07. The molecule has 0 aliphatic carbocycles. The summed E-state index contributed by atoms with van der Waals surface area (Å²) in [7, 11) is 2.64. The van der Waals surface area contributed by atoms with Crippen molar-refractivity contribution in [3.05, 3.63) is 267 Å². The SMILES string of the molecule is COC(=O)Cn1nc(-c2ccc(C(F)(F)F)cc2)c2ccccc21.COC(=O)Cn1nc(-c2cncnc2)c2ccccc21.c1ccc(-c2nn(Cc3ncco3)c3ccccc23)cc1.c1ccc(COc2cccc(-c3nn(Cc4nnco4)c4ccccc34)c2)cc1. The molecular formula is C71H56F3N13O7. The summed E-state index contributed by atoms with van der Waals surface area (Å²) >= 11 is 0. The largest absolute Gasteiger partial charge is 0.489 e. The first-order valence-corrected chi connectivity index (χ1v) is 29.3. The molecule has 7 aromatic heterocycles. The van der Waals surface area contributed by atoms with Crippen LogP contribution in [0.3, 0.4) is 0 Å². The molecule has 7 heterocycles. The number of aromatic nitrogens is 13. The average molecular weight is 1260 g/mol. The summed E-state index contributed by atoms with van der Waals surface area (Å²) in [6.07, 6.45) is 5.05. The number of benzene rings is 8. The minimum atomic E-state index is -4.38. The van der Waals surface area contributed by atoms with Crippen molar-refractivity contribution in [3.8, 4) is 50.8 Å². The van der Waals surface area contributed by atoms with Gasteiger partial charge in [-0.3, -0.25) is 28.3 Å². The Hall–Kier alpha value is -12.4. The third-order valence-corrected chi connectivity index (χ3v) is 14.8. The highest BCUT2D eigenvalue weighted by Crippen LogP contribution is 2.35. The molecule has 0 atom stereocenters. The second kappa shape index (κ2) is 28.6. The summed E-state index contributed by atoms with van der Waals surface area (Å²) in [6.45, 7) is 1.48. The molecule has 0 amide bonds. The van der Waals surface area contributed by atoms with Crippen LogP contribution in [0.2, 0.25) is 0 Å². The van der Waals surface area contributed by atoms with Gasteiger partial charge in [-0.15, -0.1) is 10.2 Å². The molecule has 0 spiro atoms. The van der Waals surface area contributed by atoms with E-state index in [9.17, 15) is 22.8 Å². The fourth-order valence-corrected chi connectivity index (χ4v) is 10.4. The summed E-state index contributed by atoms with van der Waals surface area (Å²) in [5, 5.41) is 30.0. The van der Waals surface area contributed by atoms with E-state index in [1.54, 1.807) is 47.7 Å². The minimum Gasteiger partial charge on any atom is -0.489 e. The summed E-state index contributed by atoms with van der Waals surface area (Å²) < 4.78 is 70.9. The average Bonchev–Trinajstić information content (AvgIpc) is 1.71. The van der Waals surface area contributed by atoms with Crippen molar-refractivity contribution in [1.82, 2.24) is 64.3 Å². The van der Waals surface area contributed by atoms with Gasteiger partial charge < -0.3 is 23.0 Å². The summed E-state index contributed by atoms with van der Waals surface area (Å²) in [6, 6.07) is 64.4. The number of oxazole rings is 1. The quantitative estimate of drug-likeness (QED) is 0.0870. The number of ether oxygens (including phenoxy) is 3. The molecule has 0 aliphatic rings. The van der Waals surface area contributed by atoms with E-state index in [0.717, 1.165) is 95.3 Å². The van der Waals surface area contributed by atoms with Crippen molar-refractivity contribution in [1.29, 1.82) is 0 Å². The summed E-state index contributed by atoms with van der Waals surface area (Å²) in [5.74, 6) is 1.19. The number of carbonyl (C=O) groups is 2. The van der Waals surface area contributed by atoms with Gasteiger partial charge in [0.15, 0.2) is 0 Å². The van der Waals surface area contributed by atoms with Crippen LogP contribution in [-0.4, -0.2) is 90.4 Å². The van der Waals surface area contributed by atoms with Crippen LogP contribution < -0.4 is 4.74 Å². The maximum atomic E-state index is 12.7. The highest BCUT2D eigenvalue weighted by Gasteiger charge is 2.30. The monoisotopic (exact) mass is 1260 g/mol. The van der Waals surface area contributed by atoms with Crippen LogP contribution in [-0.2, 0) is 58.0 Å². The van der Waals surface area contributed by atoms with Gasteiger partial charge in [-0.1, -0.05) is 158 Å². The normalized spacial score (nSPS) is 11.1. The second-order valence-corrected chi connectivity index (χ2v) is 20.9. The molecule has 23 heteroatoms. The van der Waals surface area contributed by atoms with Gasteiger partial charge in [-0.05, 0) is 54.1 Å². The van der Waals surface area contributed by atoms with Crippen molar-refractivity contribution >= 4 is 55.6 Å². The van der Waals surface area contributed by atoms with Gasteiger partial charge in [-0.2, -0.15) is 33.6 Å². The molecule has 94 heavy (non-hydrogen) atoms. The highest BCUT2D eigenvalue weighted by atomic mass is 19.4. The molecule has 0 unspecified atom stereocenters. The van der Waals surface area contributed by atoms with Crippen LogP contribution in [0, 0.1) is 0 Å². The summed E-state index contributed by atoms with van der Waals surface area (Å²) in [4.78, 5) is 35.2. The maximum Gasteiger partial charge on any atom is 0.416 e. The molecule has 0 radical (unpaired) electrons. The third kappa shape index (κ3) is 14.4. The number of hydrogen-bond donors (Lipinski definition) is 0. The van der Waals surface area contributed by atoms with Crippen LogP contribution >= 0.6 is 0 Å². The first kappa shape index (κ1) is 61.8. The number of alkyl halides is 3. The number of para-hydroxylation sites is 4. The van der Waals surface area contributed by atoms with Crippen molar-refractivity contribution in [2.75, 3.05) is 14.2 Å². The van der Waals surface area contributed by atoms with Crippen LogP contribution in [0.4, 0.5) is 13.2 Å². The highest BCUT2D eigenvalue weighted by molar-refractivity contribution is 5.96. The van der Waals surface area contributed by atoms with E-state index in [4.69, 9.17) is 28.5 Å². The molecular weight excluding hydrogens is 1200 g/mol. The van der Waals surface area contributed by atoms with E-state index in [1.807, 2.05) is 131 Å². The maximum absolute atomic E-state index is 12.7. The smallest absolute Gasteiger partial charge is 0.416 e. The molecule has 468 valence electrons. The van der Waals surface area contributed by atoms with E-state index in [-0.39, 0.29) is 19.1 Å². The van der Waals surface area contributed by atoms with Gasteiger partial charge in [0.2, 0.25) is 18.2 Å². The number of halogens is 3. The number of carbonyl (C=O) groups excluding carboxylic acids is 2. The molecule has 15 aromatic rings. The predicted molar refractivity (Wildman–Crippen MR) is 345 cm³/mol. The topological polar surface area (TPSA) is 224 Å². The molecule has 0 N–H and O–H groups in total. The number of fused-ring (bicyclic) bond motifs is 4. The van der Waals surface area contributed by atoms with E-state index in [0.29, 0.717) is 48.3 Å². The summed E-state index contributed by atoms with van der Waals surface area (Å²) in [5.41, 5.74) is 10.7. The number of methoxy groups -OCH3 is 2. The van der Waals surface area contributed by atoms with Gasteiger partial charge >= 0.3 is 18.1 Å². The Morgan fingerprint density at radius 2 is 0.936 bits per heavy atom. The van der Waals surface area contributed by atoms with E-state index >= 15 is 0 Å². The molecule has 0 aliphatic heterocycles. The Morgan fingerprint density at radius 1 is 0.479 bits per heavy atom. The van der Waals surface area contributed by atoms with E-state index < -0.39 is 17.7 Å². The van der Waals surface area contributed by atoms with Gasteiger partial charge in [0.1, 0.15) is 73.9 Å². The minimum absolute atomic E-state index is 0.0718. The van der Waals surface area contributed by atoms with Crippen LogP contribution in [0.15, 0.2) is 253 Å². The van der Waals surface area contributed by atoms with Crippen LogP contribution in [0.25, 0.3) is 88.6 Å². The molecule has 0 saturated carbocycles. The number of nitrogens with zero attached hydrogens (tertiary/aromatic N) is 13. The Balaban J connectivity index is 0.000000122.